The van der Waals surface area contributed by atoms with Crippen LogP contribution in [0.3, 0.4) is 0 Å². The van der Waals surface area contributed by atoms with Crippen molar-refractivity contribution in [3.63, 3.8) is 0 Å². The number of aromatic nitrogens is 2. The highest BCUT2D eigenvalue weighted by Crippen LogP contribution is 2.28. The molecule has 0 aromatic carbocycles. The number of anilines is 1. The number of hydrogen-bond donors (Lipinski definition) is 1. The zero-order valence-corrected chi connectivity index (χ0v) is 10.9. The Labute approximate surface area is 107 Å². The summed E-state index contributed by atoms with van der Waals surface area (Å²) in [5.41, 5.74) is 8.35. The quantitative estimate of drug-likeness (QED) is 0.842. The molecule has 0 spiro atoms. The maximum atomic E-state index is 6.02. The van der Waals surface area contributed by atoms with Gasteiger partial charge in [-0.1, -0.05) is 6.92 Å². The van der Waals surface area contributed by atoms with Crippen LogP contribution in [0.15, 0.2) is 0 Å². The van der Waals surface area contributed by atoms with Gasteiger partial charge in [-0.05, 0) is 19.3 Å². The van der Waals surface area contributed by atoms with Gasteiger partial charge in [0, 0.05) is 31.1 Å². The van der Waals surface area contributed by atoms with Crippen molar-refractivity contribution < 1.29 is 4.74 Å². The summed E-state index contributed by atoms with van der Waals surface area (Å²) in [6.45, 7) is 4.71. The van der Waals surface area contributed by atoms with E-state index in [0.717, 1.165) is 62.9 Å². The molecular weight excluding hydrogens is 228 g/mol. The number of piperidine rings is 1. The van der Waals surface area contributed by atoms with Gasteiger partial charge in [0.2, 0.25) is 11.8 Å². The predicted molar refractivity (Wildman–Crippen MR) is 70.0 cm³/mol. The second-order valence-electron chi connectivity index (χ2n) is 5.05. The molecule has 18 heavy (non-hydrogen) atoms. The van der Waals surface area contributed by atoms with Crippen LogP contribution in [-0.4, -0.2) is 35.7 Å². The van der Waals surface area contributed by atoms with Gasteiger partial charge in [-0.15, -0.1) is 0 Å². The van der Waals surface area contributed by atoms with Gasteiger partial charge in [0.1, 0.15) is 0 Å². The Morgan fingerprint density at radius 1 is 1.44 bits per heavy atom. The number of fused-ring (bicyclic) bond motifs is 1. The molecular formula is C13H20N4O. The lowest BCUT2D eigenvalue weighted by Crippen LogP contribution is -2.43. The maximum Gasteiger partial charge on any atom is 0.228 e. The number of ether oxygens (including phenoxy) is 1. The third-order valence-electron chi connectivity index (χ3n) is 3.71. The normalized spacial score (nSPS) is 22.8. The molecule has 2 aliphatic rings. The van der Waals surface area contributed by atoms with Gasteiger partial charge in [-0.25, -0.2) is 4.98 Å². The highest BCUT2D eigenvalue weighted by molar-refractivity contribution is 5.42. The summed E-state index contributed by atoms with van der Waals surface area (Å²) in [5.74, 6) is 1.58. The van der Waals surface area contributed by atoms with E-state index in [9.17, 15) is 0 Å². The number of aryl methyl sites for hydroxylation is 1. The monoisotopic (exact) mass is 248 g/mol. The molecule has 1 aromatic heterocycles. The second kappa shape index (κ2) is 4.72. The average Bonchev–Trinajstić information content (AvgIpc) is 2.85. The molecule has 0 radical (unpaired) electrons. The van der Waals surface area contributed by atoms with Crippen molar-refractivity contribution in [1.82, 2.24) is 9.97 Å². The molecule has 0 bridgehead atoms. The van der Waals surface area contributed by atoms with E-state index < -0.39 is 0 Å². The Morgan fingerprint density at radius 2 is 2.33 bits per heavy atom. The standard InChI is InChI=1S/C13H20N4O/c1-2-11-10-5-7-18-12(10)16-13(15-11)17-6-3-4-9(14)8-17/h9H,2-8,14H2,1H3. The Morgan fingerprint density at radius 3 is 3.11 bits per heavy atom. The van der Waals surface area contributed by atoms with E-state index in [1.54, 1.807) is 0 Å². The second-order valence-corrected chi connectivity index (χ2v) is 5.05. The van der Waals surface area contributed by atoms with Crippen molar-refractivity contribution in [3.8, 4) is 5.88 Å². The van der Waals surface area contributed by atoms with Crippen LogP contribution in [-0.2, 0) is 12.8 Å². The first kappa shape index (κ1) is 11.7. The molecule has 5 heteroatoms. The Bertz CT molecular complexity index is 449. The van der Waals surface area contributed by atoms with Gasteiger partial charge >= 0.3 is 0 Å². The summed E-state index contributed by atoms with van der Waals surface area (Å²) >= 11 is 0. The van der Waals surface area contributed by atoms with Gasteiger partial charge in [-0.2, -0.15) is 4.98 Å². The van der Waals surface area contributed by atoms with Crippen molar-refractivity contribution in [2.75, 3.05) is 24.6 Å². The Balaban J connectivity index is 1.92. The van der Waals surface area contributed by atoms with Crippen molar-refractivity contribution in [1.29, 1.82) is 0 Å². The lowest BCUT2D eigenvalue weighted by atomic mass is 10.1. The molecule has 3 heterocycles. The van der Waals surface area contributed by atoms with Crippen LogP contribution in [0.5, 0.6) is 5.88 Å². The molecule has 0 aliphatic carbocycles. The van der Waals surface area contributed by atoms with Crippen LogP contribution in [0.1, 0.15) is 31.0 Å². The van der Waals surface area contributed by atoms with Crippen molar-refractivity contribution >= 4 is 5.95 Å². The molecule has 2 aliphatic heterocycles. The summed E-state index contributed by atoms with van der Waals surface area (Å²) < 4.78 is 5.59. The molecule has 98 valence electrons. The summed E-state index contributed by atoms with van der Waals surface area (Å²) in [6.07, 6.45) is 4.09. The fourth-order valence-corrected chi connectivity index (χ4v) is 2.74. The van der Waals surface area contributed by atoms with Crippen LogP contribution in [0.25, 0.3) is 0 Å². The lowest BCUT2D eigenvalue weighted by molar-refractivity contribution is 0.344. The number of nitrogens with two attached hydrogens (primary N) is 1. The van der Waals surface area contributed by atoms with Crippen LogP contribution in [0, 0.1) is 0 Å². The SMILES string of the molecule is CCc1nc(N2CCCC(N)C2)nc2c1CCO2. The van der Waals surface area contributed by atoms with E-state index >= 15 is 0 Å². The van der Waals surface area contributed by atoms with E-state index in [1.165, 1.54) is 5.56 Å². The summed E-state index contributed by atoms with van der Waals surface area (Å²) in [7, 11) is 0. The van der Waals surface area contributed by atoms with Gasteiger partial charge in [0.25, 0.3) is 0 Å². The fraction of sp³-hybridized carbons (Fsp3) is 0.692. The highest BCUT2D eigenvalue weighted by Gasteiger charge is 2.24. The molecule has 1 atom stereocenters. The zero-order valence-electron chi connectivity index (χ0n) is 10.9. The van der Waals surface area contributed by atoms with Crippen LogP contribution in [0.2, 0.25) is 0 Å². The molecule has 3 rings (SSSR count). The molecule has 0 amide bonds. The lowest BCUT2D eigenvalue weighted by Gasteiger charge is -2.31. The van der Waals surface area contributed by atoms with Crippen molar-refractivity contribution in [2.24, 2.45) is 5.73 Å². The number of nitrogens with zero attached hydrogens (tertiary/aromatic N) is 3. The van der Waals surface area contributed by atoms with Gasteiger partial charge in [-0.3, -0.25) is 0 Å². The Kier molecular flexibility index (Phi) is 3.07. The first-order chi connectivity index (χ1) is 8.78. The van der Waals surface area contributed by atoms with E-state index in [4.69, 9.17) is 15.5 Å². The zero-order chi connectivity index (χ0) is 12.5. The molecule has 1 aromatic rings. The highest BCUT2D eigenvalue weighted by atomic mass is 16.5. The van der Waals surface area contributed by atoms with Crippen LogP contribution in [0.4, 0.5) is 5.95 Å². The third-order valence-corrected chi connectivity index (χ3v) is 3.71. The third kappa shape index (κ3) is 2.03. The largest absolute Gasteiger partial charge is 0.477 e. The maximum absolute atomic E-state index is 6.02. The minimum Gasteiger partial charge on any atom is -0.477 e. The summed E-state index contributed by atoms with van der Waals surface area (Å²) in [6, 6.07) is 0.238. The average molecular weight is 248 g/mol. The number of hydrogen-bond acceptors (Lipinski definition) is 5. The molecule has 1 fully saturated rings. The molecule has 0 saturated carbocycles. The fourth-order valence-electron chi connectivity index (χ4n) is 2.74. The van der Waals surface area contributed by atoms with E-state index in [1.807, 2.05) is 0 Å². The smallest absolute Gasteiger partial charge is 0.228 e. The first-order valence-corrected chi connectivity index (χ1v) is 6.81. The minimum atomic E-state index is 0.238. The summed E-state index contributed by atoms with van der Waals surface area (Å²) in [5, 5.41) is 0. The van der Waals surface area contributed by atoms with Crippen molar-refractivity contribution in [2.45, 2.75) is 38.6 Å². The topological polar surface area (TPSA) is 64.3 Å². The summed E-state index contributed by atoms with van der Waals surface area (Å²) in [4.78, 5) is 11.4. The van der Waals surface area contributed by atoms with Gasteiger partial charge in [0.15, 0.2) is 0 Å². The van der Waals surface area contributed by atoms with Crippen molar-refractivity contribution in [3.05, 3.63) is 11.3 Å². The Hall–Kier alpha value is -1.36. The van der Waals surface area contributed by atoms with Crippen LogP contribution >= 0.6 is 0 Å². The molecule has 2 N–H and O–H groups in total. The predicted octanol–water partition coefficient (Wildman–Crippen LogP) is 0.901. The van der Waals surface area contributed by atoms with Gasteiger partial charge < -0.3 is 15.4 Å². The number of rotatable bonds is 2. The van der Waals surface area contributed by atoms with E-state index in [2.05, 4.69) is 16.8 Å². The van der Waals surface area contributed by atoms with Gasteiger partial charge in [0.05, 0.1) is 12.3 Å². The minimum absolute atomic E-state index is 0.238. The molecule has 5 nitrogen and oxygen atoms in total. The molecule has 1 saturated heterocycles. The van der Waals surface area contributed by atoms with Crippen LogP contribution < -0.4 is 15.4 Å². The first-order valence-electron chi connectivity index (χ1n) is 6.81. The molecule has 1 unspecified atom stereocenters. The van der Waals surface area contributed by atoms with E-state index in [0.29, 0.717) is 0 Å². The van der Waals surface area contributed by atoms with E-state index in [-0.39, 0.29) is 6.04 Å².